The maximum Gasteiger partial charge on any atom is 0.401 e. The second-order valence-electron chi connectivity index (χ2n) is 10.4. The van der Waals surface area contributed by atoms with Gasteiger partial charge in [-0.15, -0.1) is 0 Å². The molecule has 3 aromatic rings. The summed E-state index contributed by atoms with van der Waals surface area (Å²) in [6.07, 6.45) is -2.84. The van der Waals surface area contributed by atoms with Crippen LogP contribution in [-0.4, -0.2) is 72.5 Å². The second-order valence-corrected chi connectivity index (χ2v) is 10.4. The quantitative estimate of drug-likeness (QED) is 0.296. The third-order valence-electron chi connectivity index (χ3n) is 7.65. The van der Waals surface area contributed by atoms with Crippen LogP contribution in [0.1, 0.15) is 42.6 Å². The number of para-hydroxylation sites is 1. The minimum absolute atomic E-state index is 0.0339. The van der Waals surface area contributed by atoms with Crippen LogP contribution < -0.4 is 10.1 Å². The molecule has 1 fully saturated rings. The number of fused-ring (bicyclic) bond motifs is 3. The molecule has 11 heteroatoms. The molecule has 3 heterocycles. The first-order valence-electron chi connectivity index (χ1n) is 13.2. The van der Waals surface area contributed by atoms with E-state index in [1.165, 1.54) is 11.0 Å². The van der Waals surface area contributed by atoms with Crippen LogP contribution in [0.15, 0.2) is 42.5 Å². The molecule has 2 aliphatic rings. The van der Waals surface area contributed by atoms with E-state index in [0.717, 1.165) is 29.4 Å². The highest BCUT2D eigenvalue weighted by atomic mass is 19.4. The number of likely N-dealkylation sites (tertiary alicyclic amines) is 1. The van der Waals surface area contributed by atoms with E-state index in [1.54, 1.807) is 19.1 Å². The van der Waals surface area contributed by atoms with Crippen LogP contribution in [-0.2, 0) is 6.42 Å². The summed E-state index contributed by atoms with van der Waals surface area (Å²) in [6.45, 7) is -0.875. The number of ether oxygens (including phenoxy) is 1. The van der Waals surface area contributed by atoms with Crippen molar-refractivity contribution < 1.29 is 31.1 Å². The molecule has 2 aromatic carbocycles. The molecule has 0 spiro atoms. The Kier molecular flexibility index (Phi) is 8.00. The molecule has 0 unspecified atom stereocenters. The normalized spacial score (nSPS) is 22.5. The molecule has 2 aliphatic heterocycles. The van der Waals surface area contributed by atoms with Gasteiger partial charge in [-0.2, -0.15) is 22.0 Å². The number of H-pyrrole nitrogens is 1. The Labute approximate surface area is 223 Å². The lowest BCUT2D eigenvalue weighted by Gasteiger charge is -2.41. The van der Waals surface area contributed by atoms with Crippen molar-refractivity contribution in [2.24, 2.45) is 0 Å². The third-order valence-corrected chi connectivity index (χ3v) is 7.65. The van der Waals surface area contributed by atoms with Crippen LogP contribution in [0, 0.1) is 0 Å². The number of anilines is 1. The molecule has 1 aromatic heterocycles. The van der Waals surface area contributed by atoms with Gasteiger partial charge in [-0.25, -0.2) is 0 Å². The van der Waals surface area contributed by atoms with E-state index in [1.807, 2.05) is 24.3 Å². The third kappa shape index (κ3) is 6.14. The Morgan fingerprint density at radius 3 is 2.69 bits per heavy atom. The molecule has 3 atom stereocenters. The Balaban J connectivity index is 1.53. The van der Waals surface area contributed by atoms with Gasteiger partial charge in [0.05, 0.1) is 19.3 Å². The van der Waals surface area contributed by atoms with Crippen molar-refractivity contribution in [3.05, 3.63) is 59.3 Å². The first-order chi connectivity index (χ1) is 18.6. The predicted octanol–water partition coefficient (Wildman–Crippen LogP) is 6.51. The van der Waals surface area contributed by atoms with Crippen molar-refractivity contribution in [2.75, 3.05) is 38.2 Å². The standard InChI is InChI=1S/C28H32F6N4O/c1-17-13-22-20-5-2-3-6-23(20)36-25(22)26(38(17)16-28(32,33)34)21-8-7-18(14-24(21)39-27(30)31)35-19-9-12-37(15-19)11-4-10-29/h2-3,5-8,14,17,19,26-27,35-36H,4,9-13,15-16H2,1H3/t17-,19+,26-/m1/s1. The zero-order valence-electron chi connectivity index (χ0n) is 21.6. The van der Waals surface area contributed by atoms with Gasteiger partial charge in [0.25, 0.3) is 0 Å². The number of hydrogen-bond acceptors (Lipinski definition) is 4. The molecular weight excluding hydrogens is 522 g/mol. The van der Waals surface area contributed by atoms with Gasteiger partial charge in [0, 0.05) is 65.6 Å². The highest BCUT2D eigenvalue weighted by Crippen LogP contribution is 2.45. The van der Waals surface area contributed by atoms with Crippen molar-refractivity contribution in [1.82, 2.24) is 14.8 Å². The van der Waals surface area contributed by atoms with Crippen molar-refractivity contribution in [3.8, 4) is 5.75 Å². The van der Waals surface area contributed by atoms with E-state index in [-0.39, 0.29) is 24.0 Å². The van der Waals surface area contributed by atoms with Gasteiger partial charge in [0.1, 0.15) is 5.75 Å². The molecule has 0 radical (unpaired) electrons. The minimum Gasteiger partial charge on any atom is -0.434 e. The molecule has 0 saturated carbocycles. The molecule has 2 N–H and O–H groups in total. The Bertz CT molecular complexity index is 1280. The summed E-state index contributed by atoms with van der Waals surface area (Å²) in [7, 11) is 0. The van der Waals surface area contributed by atoms with Gasteiger partial charge < -0.3 is 19.9 Å². The van der Waals surface area contributed by atoms with Gasteiger partial charge in [0.15, 0.2) is 0 Å². The average molecular weight is 555 g/mol. The van der Waals surface area contributed by atoms with E-state index in [9.17, 15) is 26.3 Å². The fourth-order valence-corrected chi connectivity index (χ4v) is 6.02. The van der Waals surface area contributed by atoms with Crippen LogP contribution in [0.4, 0.5) is 32.0 Å². The first kappa shape index (κ1) is 27.6. The van der Waals surface area contributed by atoms with E-state index >= 15 is 0 Å². The monoisotopic (exact) mass is 554 g/mol. The van der Waals surface area contributed by atoms with Gasteiger partial charge in [-0.1, -0.05) is 24.3 Å². The smallest absolute Gasteiger partial charge is 0.401 e. The van der Waals surface area contributed by atoms with Gasteiger partial charge in [0.2, 0.25) is 0 Å². The highest BCUT2D eigenvalue weighted by Gasteiger charge is 2.43. The Morgan fingerprint density at radius 2 is 1.95 bits per heavy atom. The van der Waals surface area contributed by atoms with Crippen LogP contribution >= 0.6 is 0 Å². The number of nitrogens with zero attached hydrogens (tertiary/aromatic N) is 2. The van der Waals surface area contributed by atoms with Gasteiger partial charge in [-0.3, -0.25) is 9.29 Å². The van der Waals surface area contributed by atoms with Gasteiger partial charge in [-0.05, 0) is 43.9 Å². The Hall–Kier alpha value is -2.92. The minimum atomic E-state index is -4.49. The summed E-state index contributed by atoms with van der Waals surface area (Å²) < 4.78 is 85.9. The molecule has 0 amide bonds. The van der Waals surface area contributed by atoms with Crippen LogP contribution in [0.5, 0.6) is 5.75 Å². The highest BCUT2D eigenvalue weighted by molar-refractivity contribution is 5.85. The number of halogens is 6. The molecule has 5 nitrogen and oxygen atoms in total. The summed E-state index contributed by atoms with van der Waals surface area (Å²) in [6, 6.07) is 10.8. The molecule has 0 bridgehead atoms. The van der Waals surface area contributed by atoms with E-state index < -0.39 is 31.4 Å². The van der Waals surface area contributed by atoms with Crippen LogP contribution in [0.3, 0.4) is 0 Å². The first-order valence-corrected chi connectivity index (χ1v) is 13.2. The lowest BCUT2D eigenvalue weighted by molar-refractivity contribution is -0.155. The average Bonchev–Trinajstić information content (AvgIpc) is 3.47. The number of benzene rings is 2. The van der Waals surface area contributed by atoms with E-state index in [0.29, 0.717) is 37.3 Å². The fourth-order valence-electron chi connectivity index (χ4n) is 6.02. The molecule has 5 rings (SSSR count). The van der Waals surface area contributed by atoms with Gasteiger partial charge >= 0.3 is 12.8 Å². The topological polar surface area (TPSA) is 43.5 Å². The fraction of sp³-hybridized carbons (Fsp3) is 0.500. The molecule has 0 aliphatic carbocycles. The summed E-state index contributed by atoms with van der Waals surface area (Å²) in [5.41, 5.74) is 2.99. The summed E-state index contributed by atoms with van der Waals surface area (Å²) in [4.78, 5) is 6.72. The maximum atomic E-state index is 13.8. The van der Waals surface area contributed by atoms with Crippen molar-refractivity contribution in [3.63, 3.8) is 0 Å². The van der Waals surface area contributed by atoms with E-state index in [2.05, 4.69) is 15.2 Å². The molecule has 39 heavy (non-hydrogen) atoms. The van der Waals surface area contributed by atoms with Crippen LogP contribution in [0.2, 0.25) is 0 Å². The number of nitrogens with one attached hydrogen (secondary N) is 2. The second kappa shape index (κ2) is 11.3. The van der Waals surface area contributed by atoms with Crippen molar-refractivity contribution in [2.45, 2.75) is 57.1 Å². The van der Waals surface area contributed by atoms with E-state index in [4.69, 9.17) is 4.74 Å². The zero-order chi connectivity index (χ0) is 27.7. The van der Waals surface area contributed by atoms with Crippen molar-refractivity contribution >= 4 is 16.6 Å². The molecular formula is C28H32F6N4O. The zero-order valence-corrected chi connectivity index (χ0v) is 21.6. The lowest BCUT2D eigenvalue weighted by atomic mass is 9.88. The Morgan fingerprint density at radius 1 is 1.15 bits per heavy atom. The maximum absolute atomic E-state index is 13.8. The number of hydrogen-bond donors (Lipinski definition) is 2. The largest absolute Gasteiger partial charge is 0.434 e. The molecule has 212 valence electrons. The number of alkyl halides is 6. The summed E-state index contributed by atoms with van der Waals surface area (Å²) in [5.74, 6) is -0.168. The number of aromatic amines is 1. The molecule has 1 saturated heterocycles. The van der Waals surface area contributed by atoms with Crippen molar-refractivity contribution in [1.29, 1.82) is 0 Å². The predicted molar refractivity (Wildman–Crippen MR) is 138 cm³/mol. The summed E-state index contributed by atoms with van der Waals surface area (Å²) >= 11 is 0. The van der Waals surface area contributed by atoms with Crippen LogP contribution in [0.25, 0.3) is 10.9 Å². The lowest BCUT2D eigenvalue weighted by Crippen LogP contribution is -2.47. The number of aromatic nitrogens is 1. The number of rotatable bonds is 9. The summed E-state index contributed by atoms with van der Waals surface area (Å²) in [5, 5.41) is 4.23. The SMILES string of the molecule is C[C@@H]1Cc2c([nH]c3ccccc23)[C@@H](c2ccc(N[C@H]3CCN(CCCF)C3)cc2OC(F)F)N1CC(F)(F)F.